The number of rotatable bonds is 13. The molecule has 0 spiro atoms. The summed E-state index contributed by atoms with van der Waals surface area (Å²) in [5.41, 5.74) is 3.01. The molecule has 13 heteroatoms. The number of amides is 2. The maximum Gasteiger partial charge on any atom is 0.315 e. The van der Waals surface area contributed by atoms with Gasteiger partial charge in [-0.1, -0.05) is 26.0 Å². The molecule has 9 N–H and O–H groups in total. The van der Waals surface area contributed by atoms with E-state index >= 15 is 0 Å². The molecule has 0 bridgehead atoms. The van der Waals surface area contributed by atoms with E-state index < -0.39 is 49.2 Å². The van der Waals surface area contributed by atoms with Gasteiger partial charge in [-0.25, -0.2) is 4.79 Å². The van der Waals surface area contributed by atoms with Crippen molar-refractivity contribution in [2.24, 2.45) is 0 Å². The molecule has 1 aromatic carbocycles. The number of benzene rings is 1. The third-order valence-electron chi connectivity index (χ3n) is 6.61. The van der Waals surface area contributed by atoms with Gasteiger partial charge < -0.3 is 50.7 Å². The zero-order valence-electron chi connectivity index (χ0n) is 22.2. The number of hydrogen-bond acceptors (Lipinski definition) is 10. The number of aromatic nitrogens is 2. The zero-order valence-corrected chi connectivity index (χ0v) is 22.2. The number of nitrogens with one attached hydrogen (secondary N) is 3. The molecule has 0 saturated carbocycles. The summed E-state index contributed by atoms with van der Waals surface area (Å²) in [7, 11) is 0. The topological polar surface area (TPSA) is 210 Å². The van der Waals surface area contributed by atoms with Gasteiger partial charge in [-0.15, -0.1) is 0 Å². The highest BCUT2D eigenvalue weighted by molar-refractivity contribution is 5.74. The molecule has 3 rings (SSSR count). The highest BCUT2D eigenvalue weighted by atomic mass is 16.5. The summed E-state index contributed by atoms with van der Waals surface area (Å²) in [4.78, 5) is 11.7. The maximum absolute atomic E-state index is 11.7. The van der Waals surface area contributed by atoms with Crippen LogP contribution in [-0.2, 0) is 11.2 Å². The van der Waals surface area contributed by atoms with Crippen LogP contribution < -0.4 is 15.4 Å². The Balaban J connectivity index is 1.60. The number of urea groups is 1. The summed E-state index contributed by atoms with van der Waals surface area (Å²) in [5.74, 6) is 0.709. The minimum absolute atomic E-state index is 0.0614. The van der Waals surface area contributed by atoms with Crippen molar-refractivity contribution in [1.82, 2.24) is 20.8 Å². The molecule has 39 heavy (non-hydrogen) atoms. The molecule has 2 aromatic rings. The highest BCUT2D eigenvalue weighted by Gasteiger charge is 2.45. The molecule has 1 aliphatic heterocycles. The van der Waals surface area contributed by atoms with Crippen molar-refractivity contribution < 1.29 is 44.9 Å². The fourth-order valence-corrected chi connectivity index (χ4v) is 4.39. The number of hydrogen-bond donors (Lipinski definition) is 9. The van der Waals surface area contributed by atoms with E-state index in [-0.39, 0.29) is 19.1 Å². The number of aliphatic hydroxyl groups is 6. The second-order valence-electron chi connectivity index (χ2n) is 9.89. The standard InChI is InChI=1S/C26H40N4O9/c1-14(2)20-18(21(30-29-20)25-24(36)23(35)22(34)19(13-33)39-25)10-15-4-6-17(7-5-15)38-9-3-8-27-26(37)28-16(11-31)12-32/h4-7,14,16,19,22-25,31-36H,3,8-13H2,1-2H3,(H,29,30)(H2,27,28,37)/t19-,22-,23+,24-,25+/m1/s1. The van der Waals surface area contributed by atoms with Crippen molar-refractivity contribution in [2.45, 2.75) is 69.2 Å². The molecule has 218 valence electrons. The van der Waals surface area contributed by atoms with Crippen LogP contribution in [0.25, 0.3) is 0 Å². The molecule has 1 aromatic heterocycles. The van der Waals surface area contributed by atoms with Gasteiger partial charge in [-0.3, -0.25) is 5.10 Å². The van der Waals surface area contributed by atoms with Gasteiger partial charge >= 0.3 is 6.03 Å². The monoisotopic (exact) mass is 552 g/mol. The van der Waals surface area contributed by atoms with E-state index in [9.17, 15) is 25.2 Å². The summed E-state index contributed by atoms with van der Waals surface area (Å²) >= 11 is 0. The van der Waals surface area contributed by atoms with Crippen molar-refractivity contribution in [3.8, 4) is 5.75 Å². The Morgan fingerprint density at radius 3 is 2.38 bits per heavy atom. The fourth-order valence-electron chi connectivity index (χ4n) is 4.39. The summed E-state index contributed by atoms with van der Waals surface area (Å²) in [6.45, 7) is 3.49. The van der Waals surface area contributed by atoms with E-state index in [0.717, 1.165) is 16.8 Å². The van der Waals surface area contributed by atoms with Crippen LogP contribution in [0.3, 0.4) is 0 Å². The van der Waals surface area contributed by atoms with E-state index in [1.807, 2.05) is 38.1 Å². The maximum atomic E-state index is 11.7. The molecule has 2 heterocycles. The van der Waals surface area contributed by atoms with E-state index in [1.165, 1.54) is 0 Å². The molecule has 1 saturated heterocycles. The van der Waals surface area contributed by atoms with E-state index in [0.29, 0.717) is 37.4 Å². The molecule has 0 unspecified atom stereocenters. The highest BCUT2D eigenvalue weighted by Crippen LogP contribution is 2.36. The zero-order chi connectivity index (χ0) is 28.5. The Kier molecular flexibility index (Phi) is 11.5. The first-order valence-electron chi connectivity index (χ1n) is 13.0. The molecular weight excluding hydrogens is 512 g/mol. The largest absolute Gasteiger partial charge is 0.494 e. The van der Waals surface area contributed by atoms with E-state index in [2.05, 4.69) is 20.8 Å². The van der Waals surface area contributed by atoms with Crippen molar-refractivity contribution >= 4 is 6.03 Å². The SMILES string of the molecule is CC(C)c1n[nH]c([C@@H]2O[C@H](CO)[C@@H](O)[C@H](O)[C@H]2O)c1Cc1ccc(OCCCNC(=O)NC(CO)CO)cc1. The molecule has 1 fully saturated rings. The van der Waals surface area contributed by atoms with Crippen molar-refractivity contribution in [3.05, 3.63) is 46.8 Å². The minimum Gasteiger partial charge on any atom is -0.494 e. The van der Waals surface area contributed by atoms with Gasteiger partial charge in [0.2, 0.25) is 0 Å². The lowest BCUT2D eigenvalue weighted by Gasteiger charge is -2.40. The number of nitrogens with zero attached hydrogens (tertiary/aromatic N) is 1. The van der Waals surface area contributed by atoms with Gasteiger partial charge in [0.15, 0.2) is 0 Å². The van der Waals surface area contributed by atoms with Gasteiger partial charge in [-0.05, 0) is 30.0 Å². The molecule has 2 amide bonds. The van der Waals surface area contributed by atoms with Crippen LogP contribution in [0.5, 0.6) is 5.75 Å². The smallest absolute Gasteiger partial charge is 0.315 e. The number of H-pyrrole nitrogens is 1. The molecule has 13 nitrogen and oxygen atoms in total. The average Bonchev–Trinajstić information content (AvgIpc) is 3.34. The number of carbonyl (C=O) groups is 1. The van der Waals surface area contributed by atoms with E-state index in [4.69, 9.17) is 19.7 Å². The summed E-state index contributed by atoms with van der Waals surface area (Å²) in [5, 5.41) is 71.0. The predicted molar refractivity (Wildman–Crippen MR) is 139 cm³/mol. The van der Waals surface area contributed by atoms with Crippen LogP contribution in [0.4, 0.5) is 4.79 Å². The van der Waals surface area contributed by atoms with Gasteiger partial charge in [0, 0.05) is 18.5 Å². The van der Waals surface area contributed by atoms with Crippen molar-refractivity contribution in [2.75, 3.05) is 33.0 Å². The minimum atomic E-state index is -1.49. The summed E-state index contributed by atoms with van der Waals surface area (Å²) < 4.78 is 11.5. The summed E-state index contributed by atoms with van der Waals surface area (Å²) in [6.07, 6.45) is -5.37. The Morgan fingerprint density at radius 2 is 1.77 bits per heavy atom. The van der Waals surface area contributed by atoms with E-state index in [1.54, 1.807) is 0 Å². The third-order valence-corrected chi connectivity index (χ3v) is 6.61. The Morgan fingerprint density at radius 1 is 1.08 bits per heavy atom. The van der Waals surface area contributed by atoms with Crippen LogP contribution >= 0.6 is 0 Å². The number of aliphatic hydroxyl groups excluding tert-OH is 6. The van der Waals surface area contributed by atoms with Crippen molar-refractivity contribution in [1.29, 1.82) is 0 Å². The predicted octanol–water partition coefficient (Wildman–Crippen LogP) is -0.940. The quantitative estimate of drug-likeness (QED) is 0.139. The second kappa shape index (κ2) is 14.6. The van der Waals surface area contributed by atoms with Gasteiger partial charge in [-0.2, -0.15) is 5.10 Å². The lowest BCUT2D eigenvalue weighted by molar-refractivity contribution is -0.232. The second-order valence-corrected chi connectivity index (χ2v) is 9.89. The molecule has 0 aliphatic carbocycles. The van der Waals surface area contributed by atoms with Crippen molar-refractivity contribution in [3.63, 3.8) is 0 Å². The lowest BCUT2D eigenvalue weighted by Crippen LogP contribution is -2.55. The van der Waals surface area contributed by atoms with Gasteiger partial charge in [0.1, 0.15) is 36.3 Å². The molecule has 5 atom stereocenters. The number of carbonyl (C=O) groups excluding carboxylic acids is 1. The van der Waals surface area contributed by atoms with Crippen LogP contribution in [0.2, 0.25) is 0 Å². The van der Waals surface area contributed by atoms with Crippen LogP contribution in [0.1, 0.15) is 54.8 Å². The van der Waals surface area contributed by atoms with Crippen LogP contribution in [0, 0.1) is 0 Å². The summed E-state index contributed by atoms with van der Waals surface area (Å²) in [6, 6.07) is 6.27. The Hall–Kier alpha value is -2.78. The average molecular weight is 553 g/mol. The van der Waals surface area contributed by atoms with Crippen LogP contribution in [0.15, 0.2) is 24.3 Å². The van der Waals surface area contributed by atoms with Gasteiger partial charge in [0.25, 0.3) is 0 Å². The Labute approximate surface area is 226 Å². The third kappa shape index (κ3) is 7.88. The molecular formula is C26H40N4O9. The van der Waals surface area contributed by atoms with Gasteiger partial charge in [0.05, 0.1) is 43.9 Å². The number of ether oxygens (including phenoxy) is 2. The first-order valence-corrected chi connectivity index (χ1v) is 13.0. The first kappa shape index (κ1) is 30.8. The Bertz CT molecular complexity index is 1030. The normalized spacial score (nSPS) is 23.3. The number of aromatic amines is 1. The molecule has 1 aliphatic rings. The first-order chi connectivity index (χ1) is 18.7. The molecule has 0 radical (unpaired) electrons. The van der Waals surface area contributed by atoms with Crippen LogP contribution in [-0.4, -0.2) is 110 Å². The fraction of sp³-hybridized carbons (Fsp3) is 0.615. The lowest BCUT2D eigenvalue weighted by atomic mass is 9.89.